The number of hydrogen-bond donors (Lipinski definition) is 1. The average molecular weight is 366 g/mol. The van der Waals surface area contributed by atoms with Gasteiger partial charge in [0.25, 0.3) is 5.91 Å². The average Bonchev–Trinajstić information content (AvgIpc) is 3.35. The number of hydrogen-bond acceptors (Lipinski definition) is 4. The largest absolute Gasteiger partial charge is 0.469 e. The lowest BCUT2D eigenvalue weighted by molar-refractivity contribution is -0.141. The number of halogens is 2. The zero-order valence-electron chi connectivity index (χ0n) is 14.8. The number of amides is 1. The van der Waals surface area contributed by atoms with Gasteiger partial charge in [-0.2, -0.15) is 0 Å². The zero-order valence-corrected chi connectivity index (χ0v) is 14.8. The van der Waals surface area contributed by atoms with Crippen molar-refractivity contribution < 1.29 is 23.1 Å². The van der Waals surface area contributed by atoms with E-state index in [-0.39, 0.29) is 23.6 Å². The molecule has 7 heteroatoms. The summed E-state index contributed by atoms with van der Waals surface area (Å²) in [5.74, 6) is -1.71. The maximum Gasteiger partial charge on any atom is 0.307 e. The van der Waals surface area contributed by atoms with Crippen LogP contribution in [-0.2, 0) is 9.53 Å². The monoisotopic (exact) mass is 366 g/mol. The van der Waals surface area contributed by atoms with Crippen molar-refractivity contribution in [3.05, 3.63) is 35.4 Å². The summed E-state index contributed by atoms with van der Waals surface area (Å²) in [4.78, 5) is 26.1. The number of nitrogens with zero attached hydrogens (tertiary/aromatic N) is 1. The molecule has 142 valence electrons. The topological polar surface area (TPSA) is 58.6 Å². The van der Waals surface area contributed by atoms with Crippen LogP contribution < -0.4 is 5.32 Å². The van der Waals surface area contributed by atoms with Gasteiger partial charge in [0, 0.05) is 31.2 Å². The molecular weight excluding hydrogens is 342 g/mol. The van der Waals surface area contributed by atoms with Crippen molar-refractivity contribution in [2.75, 3.05) is 20.2 Å². The molecule has 1 saturated heterocycles. The van der Waals surface area contributed by atoms with Crippen LogP contribution in [0.4, 0.5) is 8.78 Å². The van der Waals surface area contributed by atoms with Gasteiger partial charge in [0.15, 0.2) is 0 Å². The van der Waals surface area contributed by atoms with Gasteiger partial charge in [-0.15, -0.1) is 0 Å². The van der Waals surface area contributed by atoms with E-state index in [1.165, 1.54) is 20.0 Å². The van der Waals surface area contributed by atoms with Crippen molar-refractivity contribution in [1.29, 1.82) is 0 Å². The third-order valence-corrected chi connectivity index (χ3v) is 5.24. The van der Waals surface area contributed by atoms with E-state index in [1.54, 1.807) is 0 Å². The molecule has 0 aromatic heterocycles. The Labute approximate surface area is 151 Å². The highest BCUT2D eigenvalue weighted by Crippen LogP contribution is 2.35. The third kappa shape index (κ3) is 4.58. The van der Waals surface area contributed by atoms with Crippen molar-refractivity contribution in [2.45, 2.75) is 44.2 Å². The fourth-order valence-electron chi connectivity index (χ4n) is 3.60. The summed E-state index contributed by atoms with van der Waals surface area (Å²) in [7, 11) is 1.39. The summed E-state index contributed by atoms with van der Waals surface area (Å²) >= 11 is 0. The first-order chi connectivity index (χ1) is 12.5. The lowest BCUT2D eigenvalue weighted by Crippen LogP contribution is -2.45. The number of carbonyl (C=O) groups excluding carboxylic acids is 2. The normalized spacial score (nSPS) is 23.0. The quantitative estimate of drug-likeness (QED) is 0.754. The molecule has 1 N–H and O–H groups in total. The molecule has 2 fully saturated rings. The first-order valence-electron chi connectivity index (χ1n) is 9.03. The van der Waals surface area contributed by atoms with Crippen LogP contribution in [0, 0.1) is 17.6 Å². The van der Waals surface area contributed by atoms with E-state index < -0.39 is 17.5 Å². The summed E-state index contributed by atoms with van der Waals surface area (Å²) in [6.45, 7) is 1.28. The predicted molar refractivity (Wildman–Crippen MR) is 91.6 cm³/mol. The van der Waals surface area contributed by atoms with E-state index in [4.69, 9.17) is 4.74 Å². The Bertz CT molecular complexity index is 679. The van der Waals surface area contributed by atoms with Gasteiger partial charge in [-0.05, 0) is 43.7 Å². The summed E-state index contributed by atoms with van der Waals surface area (Å²) in [5.41, 5.74) is -0.163. The molecule has 1 saturated carbocycles. The van der Waals surface area contributed by atoms with Crippen molar-refractivity contribution in [1.82, 2.24) is 10.2 Å². The Morgan fingerprint density at radius 2 is 1.92 bits per heavy atom. The third-order valence-electron chi connectivity index (χ3n) is 5.24. The van der Waals surface area contributed by atoms with E-state index in [0.717, 1.165) is 31.5 Å². The Kier molecular flexibility index (Phi) is 5.86. The highest BCUT2D eigenvalue weighted by atomic mass is 19.1. The number of ether oxygens (including phenoxy) is 1. The van der Waals surface area contributed by atoms with Crippen molar-refractivity contribution >= 4 is 11.9 Å². The molecule has 1 amide bonds. The number of methoxy groups -OCH3 is 1. The first-order valence-corrected chi connectivity index (χ1v) is 9.03. The standard InChI is InChI=1S/C19H24F2N2O3/c1-26-18(24)9-14-5-6-15(23(14)11-12-2-3-12)10-22-19(25)16-7-4-13(20)8-17(16)21/h4,7-8,12,14-15H,2-3,5-6,9-11H2,1H3,(H,22,25)/t14-,15+/m1/s1. The number of esters is 1. The number of nitrogens with one attached hydrogen (secondary N) is 1. The molecule has 1 aromatic rings. The maximum atomic E-state index is 13.7. The van der Waals surface area contributed by atoms with Crippen molar-refractivity contribution in [3.8, 4) is 0 Å². The van der Waals surface area contributed by atoms with Crippen LogP contribution in [0.25, 0.3) is 0 Å². The summed E-state index contributed by atoms with van der Waals surface area (Å²) < 4.78 is 31.5. The van der Waals surface area contributed by atoms with Gasteiger partial charge >= 0.3 is 5.97 Å². The number of likely N-dealkylation sites (tertiary alicyclic amines) is 1. The Hall–Kier alpha value is -2.02. The van der Waals surface area contributed by atoms with Crippen LogP contribution in [0.2, 0.25) is 0 Å². The molecule has 1 aliphatic carbocycles. The predicted octanol–water partition coefficient (Wildman–Crippen LogP) is 2.50. The Balaban J connectivity index is 1.60. The smallest absolute Gasteiger partial charge is 0.307 e. The molecular formula is C19H24F2N2O3. The maximum absolute atomic E-state index is 13.7. The second kappa shape index (κ2) is 8.12. The van der Waals surface area contributed by atoms with Gasteiger partial charge in [-0.3, -0.25) is 14.5 Å². The lowest BCUT2D eigenvalue weighted by atomic mass is 10.1. The van der Waals surface area contributed by atoms with Gasteiger partial charge in [0.05, 0.1) is 19.1 Å². The SMILES string of the molecule is COC(=O)C[C@H]1CC[C@@H](CNC(=O)c2ccc(F)cc2F)N1CC1CC1. The molecule has 0 unspecified atom stereocenters. The molecule has 5 nitrogen and oxygen atoms in total. The van der Waals surface area contributed by atoms with Gasteiger partial charge in [-0.25, -0.2) is 8.78 Å². The van der Waals surface area contributed by atoms with Crippen molar-refractivity contribution in [3.63, 3.8) is 0 Å². The van der Waals surface area contributed by atoms with Gasteiger partial charge in [-0.1, -0.05) is 0 Å². The molecule has 3 rings (SSSR count). The number of benzene rings is 1. The van der Waals surface area contributed by atoms with Gasteiger partial charge in [0.1, 0.15) is 11.6 Å². The molecule has 26 heavy (non-hydrogen) atoms. The minimum absolute atomic E-state index is 0.109. The second-order valence-electron chi connectivity index (χ2n) is 7.14. The zero-order chi connectivity index (χ0) is 18.7. The molecule has 2 aliphatic rings. The number of carbonyl (C=O) groups is 2. The summed E-state index contributed by atoms with van der Waals surface area (Å²) in [6.07, 6.45) is 4.47. The van der Waals surface area contributed by atoms with Crippen LogP contribution in [-0.4, -0.2) is 49.1 Å². The van der Waals surface area contributed by atoms with E-state index >= 15 is 0 Å². The Morgan fingerprint density at radius 3 is 2.58 bits per heavy atom. The van der Waals surface area contributed by atoms with E-state index in [1.807, 2.05) is 0 Å². The van der Waals surface area contributed by atoms with Crippen LogP contribution in [0.15, 0.2) is 18.2 Å². The molecule has 0 radical (unpaired) electrons. The minimum atomic E-state index is -0.868. The van der Waals surface area contributed by atoms with E-state index in [9.17, 15) is 18.4 Å². The molecule has 2 atom stereocenters. The van der Waals surface area contributed by atoms with E-state index in [0.29, 0.717) is 24.9 Å². The fourth-order valence-corrected chi connectivity index (χ4v) is 3.60. The molecule has 1 aromatic carbocycles. The van der Waals surface area contributed by atoms with Crippen LogP contribution in [0.1, 0.15) is 42.5 Å². The highest BCUT2D eigenvalue weighted by molar-refractivity contribution is 5.94. The molecule has 1 heterocycles. The summed E-state index contributed by atoms with van der Waals surface area (Å²) in [5, 5.41) is 2.75. The second-order valence-corrected chi connectivity index (χ2v) is 7.14. The number of rotatable bonds is 7. The molecule has 0 bridgehead atoms. The van der Waals surface area contributed by atoms with Gasteiger partial charge in [0.2, 0.25) is 0 Å². The van der Waals surface area contributed by atoms with Crippen LogP contribution in [0.3, 0.4) is 0 Å². The minimum Gasteiger partial charge on any atom is -0.469 e. The molecule has 1 aliphatic heterocycles. The van der Waals surface area contributed by atoms with Crippen LogP contribution in [0.5, 0.6) is 0 Å². The lowest BCUT2D eigenvalue weighted by Gasteiger charge is -2.30. The summed E-state index contributed by atoms with van der Waals surface area (Å²) in [6, 6.07) is 3.15. The Morgan fingerprint density at radius 1 is 1.19 bits per heavy atom. The van der Waals surface area contributed by atoms with E-state index in [2.05, 4.69) is 10.2 Å². The van der Waals surface area contributed by atoms with Crippen LogP contribution >= 0.6 is 0 Å². The molecule has 0 spiro atoms. The van der Waals surface area contributed by atoms with Gasteiger partial charge < -0.3 is 10.1 Å². The van der Waals surface area contributed by atoms with Crippen molar-refractivity contribution in [2.24, 2.45) is 5.92 Å². The first kappa shape index (κ1) is 18.8. The fraction of sp³-hybridized carbons (Fsp3) is 0.579. The highest BCUT2D eigenvalue weighted by Gasteiger charge is 2.38.